The summed E-state index contributed by atoms with van der Waals surface area (Å²) in [6.45, 7) is 3.49. The number of amides is 1. The Morgan fingerprint density at radius 3 is 1.21 bits per heavy atom. The lowest BCUT2D eigenvalue weighted by Crippen LogP contribution is -2.60. The van der Waals surface area contributed by atoms with Crippen molar-refractivity contribution >= 4 is 5.91 Å². The Balaban J connectivity index is 2.29. The van der Waals surface area contributed by atoms with Crippen molar-refractivity contribution in [2.24, 2.45) is 0 Å². The molecule has 1 heterocycles. The minimum absolute atomic E-state index is 0.260. The molecule has 0 aliphatic carbocycles. The molecule has 0 bridgehead atoms. The van der Waals surface area contributed by atoms with Crippen molar-refractivity contribution in [2.75, 3.05) is 13.2 Å². The van der Waals surface area contributed by atoms with Crippen molar-refractivity contribution < 1.29 is 50.0 Å². The average molecular weight is 1010 g/mol. The maximum absolute atomic E-state index is 13.2. The fourth-order valence-corrected chi connectivity index (χ4v) is 10.1. The molecule has 1 saturated heterocycles. The second kappa shape index (κ2) is 49.7. The molecule has 9 unspecified atom stereocenters. The van der Waals surface area contributed by atoms with E-state index in [0.717, 1.165) is 38.5 Å². The Kier molecular flexibility index (Phi) is 47.5. The fourth-order valence-electron chi connectivity index (χ4n) is 10.1. The van der Waals surface area contributed by atoms with Gasteiger partial charge in [0.1, 0.15) is 36.6 Å². The molecule has 1 aliphatic heterocycles. The van der Waals surface area contributed by atoms with Crippen molar-refractivity contribution in [3.8, 4) is 0 Å². The predicted molar refractivity (Wildman–Crippen MR) is 293 cm³/mol. The summed E-state index contributed by atoms with van der Waals surface area (Å²) in [5.41, 5.74) is 0. The maximum atomic E-state index is 13.2. The van der Waals surface area contributed by atoms with E-state index in [-0.39, 0.29) is 12.8 Å². The van der Waals surface area contributed by atoms with E-state index < -0.39 is 74.2 Å². The van der Waals surface area contributed by atoms with Gasteiger partial charge in [0.05, 0.1) is 25.4 Å². The lowest BCUT2D eigenvalue weighted by molar-refractivity contribution is -0.303. The zero-order valence-electron chi connectivity index (χ0n) is 46.2. The first-order valence-corrected chi connectivity index (χ1v) is 30.6. The molecule has 11 heteroatoms. The zero-order valence-corrected chi connectivity index (χ0v) is 46.2. The molecular formula is C60H117NO10. The molecule has 9 atom stereocenters. The summed E-state index contributed by atoms with van der Waals surface area (Å²) >= 11 is 0. The normalized spacial score (nSPS) is 20.2. The fraction of sp³-hybridized carbons (Fsp3) is 0.950. The molecule has 422 valence electrons. The van der Waals surface area contributed by atoms with Crippen molar-refractivity contribution in [2.45, 2.75) is 351 Å². The summed E-state index contributed by atoms with van der Waals surface area (Å²) in [7, 11) is 0. The first-order valence-electron chi connectivity index (χ1n) is 30.6. The van der Waals surface area contributed by atoms with Gasteiger partial charge < -0.3 is 50.5 Å². The standard InChI is InChI=1S/C60H117NO10/c1-3-5-7-9-11-13-15-17-19-21-23-25-26-27-28-30-32-34-36-38-40-42-44-46-48-53(64)59(69)61-51(50-70-60-58(68)57(67)56(66)54(49-62)71-60)55(65)52(63)47-45-43-41-39-37-35-33-31-29-24-22-20-18-16-14-12-10-8-6-4-2/h39,41,51-58,60,62-68H,3-38,40,42-50H2,1-2H3,(H,61,69)/b41-39+. The summed E-state index contributed by atoms with van der Waals surface area (Å²) in [5, 5.41) is 76.2. The molecule has 0 saturated carbocycles. The van der Waals surface area contributed by atoms with E-state index in [0.29, 0.717) is 12.8 Å². The van der Waals surface area contributed by atoms with Crippen LogP contribution in [0.5, 0.6) is 0 Å². The highest BCUT2D eigenvalue weighted by Crippen LogP contribution is 2.24. The number of carbonyl (C=O) groups is 1. The molecule has 11 nitrogen and oxygen atoms in total. The topological polar surface area (TPSA) is 189 Å². The van der Waals surface area contributed by atoms with E-state index in [2.05, 4.69) is 31.3 Å². The van der Waals surface area contributed by atoms with Crippen LogP contribution < -0.4 is 5.32 Å². The summed E-state index contributed by atoms with van der Waals surface area (Å²) in [6, 6.07) is -1.18. The van der Waals surface area contributed by atoms with Gasteiger partial charge in [-0.05, 0) is 38.5 Å². The van der Waals surface area contributed by atoms with Gasteiger partial charge in [0.15, 0.2) is 6.29 Å². The number of carbonyl (C=O) groups excluding carboxylic acids is 1. The van der Waals surface area contributed by atoms with E-state index in [1.807, 2.05) is 0 Å². The van der Waals surface area contributed by atoms with Crippen LogP contribution in [0.4, 0.5) is 0 Å². The molecule has 1 rings (SSSR count). The second-order valence-corrected chi connectivity index (χ2v) is 21.8. The summed E-state index contributed by atoms with van der Waals surface area (Å²) in [6.07, 6.45) is 47.0. The minimum atomic E-state index is -1.67. The summed E-state index contributed by atoms with van der Waals surface area (Å²) < 4.78 is 11.1. The molecule has 0 spiro atoms. The zero-order chi connectivity index (χ0) is 51.8. The monoisotopic (exact) mass is 1010 g/mol. The highest BCUT2D eigenvalue weighted by Gasteiger charge is 2.44. The third-order valence-corrected chi connectivity index (χ3v) is 15.1. The maximum Gasteiger partial charge on any atom is 0.249 e. The molecule has 1 aliphatic rings. The Morgan fingerprint density at radius 2 is 0.831 bits per heavy atom. The van der Waals surface area contributed by atoms with Gasteiger partial charge in [0, 0.05) is 0 Å². The smallest absolute Gasteiger partial charge is 0.249 e. The van der Waals surface area contributed by atoms with Gasteiger partial charge in [-0.3, -0.25) is 4.79 Å². The lowest BCUT2D eigenvalue weighted by atomic mass is 9.98. The second-order valence-electron chi connectivity index (χ2n) is 21.8. The average Bonchev–Trinajstić information content (AvgIpc) is 3.37. The molecule has 71 heavy (non-hydrogen) atoms. The number of hydrogen-bond donors (Lipinski definition) is 8. The molecule has 0 aromatic rings. The van der Waals surface area contributed by atoms with E-state index >= 15 is 0 Å². The van der Waals surface area contributed by atoms with Crippen LogP contribution in [-0.4, -0.2) is 110 Å². The highest BCUT2D eigenvalue weighted by atomic mass is 16.7. The van der Waals surface area contributed by atoms with Crippen molar-refractivity contribution in [3.63, 3.8) is 0 Å². The van der Waals surface area contributed by atoms with Crippen LogP contribution >= 0.6 is 0 Å². The number of allylic oxidation sites excluding steroid dienone is 2. The van der Waals surface area contributed by atoms with Gasteiger partial charge in [0.25, 0.3) is 0 Å². The molecule has 0 aromatic carbocycles. The Hall–Kier alpha value is -1.15. The van der Waals surface area contributed by atoms with Crippen molar-refractivity contribution in [1.29, 1.82) is 0 Å². The van der Waals surface area contributed by atoms with Crippen LogP contribution in [0.25, 0.3) is 0 Å². The number of rotatable bonds is 53. The van der Waals surface area contributed by atoms with Crippen LogP contribution in [0.2, 0.25) is 0 Å². The predicted octanol–water partition coefficient (Wildman–Crippen LogP) is 13.1. The molecular weight excluding hydrogens is 895 g/mol. The van der Waals surface area contributed by atoms with Crippen LogP contribution in [0.1, 0.15) is 296 Å². The van der Waals surface area contributed by atoms with E-state index in [1.165, 1.54) is 218 Å². The molecule has 1 fully saturated rings. The highest BCUT2D eigenvalue weighted by molar-refractivity contribution is 5.80. The van der Waals surface area contributed by atoms with Crippen molar-refractivity contribution in [3.05, 3.63) is 12.2 Å². The third-order valence-electron chi connectivity index (χ3n) is 15.1. The number of aliphatic hydroxyl groups excluding tert-OH is 7. The number of hydrogen-bond acceptors (Lipinski definition) is 10. The van der Waals surface area contributed by atoms with E-state index in [9.17, 15) is 40.5 Å². The lowest BCUT2D eigenvalue weighted by Gasteiger charge is -2.40. The van der Waals surface area contributed by atoms with Gasteiger partial charge in [-0.25, -0.2) is 0 Å². The first-order chi connectivity index (χ1) is 34.7. The number of aliphatic hydroxyl groups is 7. The largest absolute Gasteiger partial charge is 0.394 e. The van der Waals surface area contributed by atoms with Gasteiger partial charge >= 0.3 is 0 Å². The van der Waals surface area contributed by atoms with Gasteiger partial charge in [-0.2, -0.15) is 0 Å². The summed E-state index contributed by atoms with van der Waals surface area (Å²) in [4.78, 5) is 13.2. The van der Waals surface area contributed by atoms with Gasteiger partial charge in [-0.15, -0.1) is 0 Å². The Bertz CT molecular complexity index is 1160. The van der Waals surface area contributed by atoms with Crippen molar-refractivity contribution in [1.82, 2.24) is 5.32 Å². The van der Waals surface area contributed by atoms with Crippen LogP contribution in [-0.2, 0) is 14.3 Å². The minimum Gasteiger partial charge on any atom is -0.394 e. The van der Waals surface area contributed by atoms with Crippen LogP contribution in [0.3, 0.4) is 0 Å². The van der Waals surface area contributed by atoms with Crippen LogP contribution in [0, 0.1) is 0 Å². The number of ether oxygens (including phenoxy) is 2. The molecule has 0 aromatic heterocycles. The quantitative estimate of drug-likeness (QED) is 0.0215. The van der Waals surface area contributed by atoms with E-state index in [4.69, 9.17) is 9.47 Å². The third kappa shape index (κ3) is 38.1. The first kappa shape index (κ1) is 67.9. The Morgan fingerprint density at radius 1 is 0.479 bits per heavy atom. The van der Waals surface area contributed by atoms with E-state index in [1.54, 1.807) is 0 Å². The molecule has 0 radical (unpaired) electrons. The molecule has 8 N–H and O–H groups in total. The van der Waals surface area contributed by atoms with Crippen LogP contribution in [0.15, 0.2) is 12.2 Å². The number of nitrogens with one attached hydrogen (secondary N) is 1. The Labute approximate surface area is 436 Å². The number of unbranched alkanes of at least 4 members (excludes halogenated alkanes) is 39. The van der Waals surface area contributed by atoms with Gasteiger partial charge in [-0.1, -0.05) is 270 Å². The SMILES string of the molecule is CCCCCCCCCCCCCCCCC/C=C/CCCC(O)C(O)C(COC1OC(CO)C(O)C(O)C1O)NC(=O)C(O)CCCCCCCCCCCCCCCCCCCCCCCCCC. The summed E-state index contributed by atoms with van der Waals surface area (Å²) in [5.74, 6) is -0.700. The molecule has 1 amide bonds. The van der Waals surface area contributed by atoms with Gasteiger partial charge in [0.2, 0.25) is 5.91 Å².